The zero-order valence-electron chi connectivity index (χ0n) is 12.5. The van der Waals surface area contributed by atoms with Crippen molar-refractivity contribution in [3.8, 4) is 5.75 Å². The fourth-order valence-electron chi connectivity index (χ4n) is 2.60. The van der Waals surface area contributed by atoms with Crippen LogP contribution in [-0.2, 0) is 0 Å². The van der Waals surface area contributed by atoms with Gasteiger partial charge in [0.1, 0.15) is 5.75 Å². The Bertz CT molecular complexity index is 623. The Hall–Kier alpha value is -2.46. The van der Waals surface area contributed by atoms with E-state index in [2.05, 4.69) is 34.2 Å². The van der Waals surface area contributed by atoms with Gasteiger partial charge in [0.05, 0.1) is 12.5 Å². The molecule has 1 aromatic carbocycles. The zero-order valence-corrected chi connectivity index (χ0v) is 12.5. The SMILES string of the molecule is NCCCOc1ccc(C(c2ccc[nH]2)c2ccc[nH]2)cc1. The topological polar surface area (TPSA) is 66.8 Å². The summed E-state index contributed by atoms with van der Waals surface area (Å²) in [6, 6.07) is 16.5. The minimum Gasteiger partial charge on any atom is -0.494 e. The van der Waals surface area contributed by atoms with Gasteiger partial charge in [0.15, 0.2) is 0 Å². The Morgan fingerprint density at radius 2 is 1.55 bits per heavy atom. The number of aromatic nitrogens is 2. The second kappa shape index (κ2) is 7.00. The van der Waals surface area contributed by atoms with Crippen LogP contribution in [-0.4, -0.2) is 23.1 Å². The van der Waals surface area contributed by atoms with Crippen LogP contribution in [0.1, 0.15) is 29.3 Å². The average molecular weight is 295 g/mol. The van der Waals surface area contributed by atoms with Gasteiger partial charge in [-0.15, -0.1) is 0 Å². The van der Waals surface area contributed by atoms with Crippen molar-refractivity contribution in [3.63, 3.8) is 0 Å². The lowest BCUT2D eigenvalue weighted by molar-refractivity contribution is 0.313. The lowest BCUT2D eigenvalue weighted by Gasteiger charge is -2.16. The molecule has 0 fully saturated rings. The van der Waals surface area contributed by atoms with E-state index in [0.29, 0.717) is 13.2 Å². The van der Waals surface area contributed by atoms with Crippen LogP contribution < -0.4 is 10.5 Å². The molecule has 0 spiro atoms. The Kier molecular flexibility index (Phi) is 4.61. The van der Waals surface area contributed by atoms with Gasteiger partial charge >= 0.3 is 0 Å². The molecule has 0 radical (unpaired) electrons. The number of H-pyrrole nitrogens is 2. The number of hydrogen-bond acceptors (Lipinski definition) is 2. The second-order valence-corrected chi connectivity index (χ2v) is 5.24. The molecule has 2 heterocycles. The van der Waals surface area contributed by atoms with E-state index in [1.54, 1.807) is 0 Å². The van der Waals surface area contributed by atoms with E-state index in [9.17, 15) is 0 Å². The summed E-state index contributed by atoms with van der Waals surface area (Å²) in [4.78, 5) is 6.63. The molecule has 114 valence electrons. The molecule has 3 rings (SSSR count). The Balaban J connectivity index is 1.83. The number of hydrogen-bond donors (Lipinski definition) is 3. The molecule has 0 aliphatic carbocycles. The van der Waals surface area contributed by atoms with E-state index in [4.69, 9.17) is 10.5 Å². The first-order chi connectivity index (χ1) is 10.9. The highest BCUT2D eigenvalue weighted by Gasteiger charge is 2.18. The molecule has 0 aliphatic heterocycles. The van der Waals surface area contributed by atoms with Crippen molar-refractivity contribution in [1.29, 1.82) is 0 Å². The predicted octanol–water partition coefficient (Wildman–Crippen LogP) is 3.25. The van der Waals surface area contributed by atoms with Gasteiger partial charge in [-0.25, -0.2) is 0 Å². The van der Waals surface area contributed by atoms with Gasteiger partial charge in [0.2, 0.25) is 0 Å². The fraction of sp³-hybridized carbons (Fsp3) is 0.222. The quantitative estimate of drug-likeness (QED) is 0.586. The van der Waals surface area contributed by atoms with Crippen LogP contribution in [0, 0.1) is 0 Å². The number of nitrogens with two attached hydrogens (primary N) is 1. The molecule has 0 bridgehead atoms. The number of aromatic amines is 2. The van der Waals surface area contributed by atoms with E-state index < -0.39 is 0 Å². The van der Waals surface area contributed by atoms with Gasteiger partial charge in [-0.3, -0.25) is 0 Å². The first kappa shape index (κ1) is 14.5. The van der Waals surface area contributed by atoms with Crippen molar-refractivity contribution >= 4 is 0 Å². The Labute approximate surface area is 130 Å². The van der Waals surface area contributed by atoms with Crippen molar-refractivity contribution in [2.75, 3.05) is 13.2 Å². The van der Waals surface area contributed by atoms with Crippen molar-refractivity contribution in [2.45, 2.75) is 12.3 Å². The van der Waals surface area contributed by atoms with E-state index >= 15 is 0 Å². The molecule has 22 heavy (non-hydrogen) atoms. The molecule has 0 aliphatic rings. The van der Waals surface area contributed by atoms with Crippen molar-refractivity contribution < 1.29 is 4.74 Å². The molecule has 0 unspecified atom stereocenters. The summed E-state index contributed by atoms with van der Waals surface area (Å²) in [5.41, 5.74) is 9.03. The maximum absolute atomic E-state index is 5.67. The molecule has 4 heteroatoms. The molecule has 0 saturated heterocycles. The first-order valence-electron chi connectivity index (χ1n) is 7.58. The van der Waals surface area contributed by atoms with Crippen molar-refractivity contribution in [3.05, 3.63) is 77.9 Å². The van der Waals surface area contributed by atoms with E-state index in [1.165, 1.54) is 17.0 Å². The minimum absolute atomic E-state index is 0.170. The van der Waals surface area contributed by atoms with Crippen molar-refractivity contribution in [1.82, 2.24) is 9.97 Å². The summed E-state index contributed by atoms with van der Waals surface area (Å²) in [6.07, 6.45) is 4.78. The van der Waals surface area contributed by atoms with Crippen LogP contribution in [0.5, 0.6) is 5.75 Å². The summed E-state index contributed by atoms with van der Waals surface area (Å²) >= 11 is 0. The van der Waals surface area contributed by atoms with Gasteiger partial charge in [0.25, 0.3) is 0 Å². The second-order valence-electron chi connectivity index (χ2n) is 5.24. The zero-order chi connectivity index (χ0) is 15.2. The molecule has 0 atom stereocenters. The normalized spacial score (nSPS) is 11.0. The number of benzene rings is 1. The average Bonchev–Trinajstić information content (AvgIpc) is 3.24. The van der Waals surface area contributed by atoms with Gasteiger partial charge in [-0.2, -0.15) is 0 Å². The molecule has 2 aromatic heterocycles. The molecular formula is C18H21N3O. The highest BCUT2D eigenvalue weighted by molar-refractivity contribution is 5.40. The highest BCUT2D eigenvalue weighted by atomic mass is 16.5. The van der Waals surface area contributed by atoms with Crippen LogP contribution in [0.4, 0.5) is 0 Å². The Morgan fingerprint density at radius 3 is 2.05 bits per heavy atom. The number of ether oxygens (including phenoxy) is 1. The van der Waals surface area contributed by atoms with E-state index in [0.717, 1.165) is 12.2 Å². The van der Waals surface area contributed by atoms with Crippen LogP contribution in [0.25, 0.3) is 0 Å². The van der Waals surface area contributed by atoms with Gasteiger partial charge in [-0.1, -0.05) is 12.1 Å². The maximum atomic E-state index is 5.67. The lowest BCUT2D eigenvalue weighted by Crippen LogP contribution is -2.07. The third-order valence-corrected chi connectivity index (χ3v) is 3.70. The molecule has 4 N–H and O–H groups in total. The predicted molar refractivity (Wildman–Crippen MR) is 88.1 cm³/mol. The lowest BCUT2D eigenvalue weighted by atomic mass is 9.92. The Morgan fingerprint density at radius 1 is 0.909 bits per heavy atom. The number of nitrogens with one attached hydrogen (secondary N) is 2. The van der Waals surface area contributed by atoms with Crippen molar-refractivity contribution in [2.24, 2.45) is 5.73 Å². The standard InChI is InChI=1S/C18H21N3O/c19-10-3-13-22-15-8-6-14(7-9-15)18(16-4-1-11-20-16)17-5-2-12-21-17/h1-2,4-9,11-12,18,20-21H,3,10,13,19H2. The van der Waals surface area contributed by atoms with Crippen LogP contribution in [0.15, 0.2) is 60.9 Å². The smallest absolute Gasteiger partial charge is 0.119 e. The largest absolute Gasteiger partial charge is 0.494 e. The van der Waals surface area contributed by atoms with E-state index in [1.807, 2.05) is 36.7 Å². The van der Waals surface area contributed by atoms with Gasteiger partial charge in [0, 0.05) is 23.8 Å². The molecule has 3 aromatic rings. The minimum atomic E-state index is 0.170. The fourth-order valence-corrected chi connectivity index (χ4v) is 2.60. The van der Waals surface area contributed by atoms with Gasteiger partial charge in [-0.05, 0) is 54.9 Å². The highest BCUT2D eigenvalue weighted by Crippen LogP contribution is 2.30. The molecular weight excluding hydrogens is 274 g/mol. The summed E-state index contributed by atoms with van der Waals surface area (Å²) < 4.78 is 5.67. The third kappa shape index (κ3) is 3.23. The first-order valence-corrected chi connectivity index (χ1v) is 7.58. The number of rotatable bonds is 7. The molecule has 0 amide bonds. The summed E-state index contributed by atoms with van der Waals surface area (Å²) in [5.74, 6) is 1.05. The maximum Gasteiger partial charge on any atom is 0.119 e. The summed E-state index contributed by atoms with van der Waals surface area (Å²) in [6.45, 7) is 1.31. The summed E-state index contributed by atoms with van der Waals surface area (Å²) in [5, 5.41) is 0. The third-order valence-electron chi connectivity index (χ3n) is 3.70. The van der Waals surface area contributed by atoms with E-state index in [-0.39, 0.29) is 5.92 Å². The van der Waals surface area contributed by atoms with Gasteiger partial charge < -0.3 is 20.4 Å². The summed E-state index contributed by atoms with van der Waals surface area (Å²) in [7, 11) is 0. The van der Waals surface area contributed by atoms with Crippen LogP contribution >= 0.6 is 0 Å². The molecule has 4 nitrogen and oxygen atoms in total. The van der Waals surface area contributed by atoms with Crippen LogP contribution in [0.2, 0.25) is 0 Å². The van der Waals surface area contributed by atoms with Crippen LogP contribution in [0.3, 0.4) is 0 Å². The monoisotopic (exact) mass is 295 g/mol. The molecule has 0 saturated carbocycles.